The zero-order chi connectivity index (χ0) is 19.3. The van der Waals surface area contributed by atoms with E-state index in [2.05, 4.69) is 16.4 Å². The second kappa shape index (κ2) is 10.4. The van der Waals surface area contributed by atoms with Gasteiger partial charge >= 0.3 is 6.18 Å². The molecule has 154 valence electrons. The van der Waals surface area contributed by atoms with E-state index in [1.807, 2.05) is 16.3 Å². The minimum absolute atomic E-state index is 0. The second-order valence-electron chi connectivity index (χ2n) is 6.23. The predicted octanol–water partition coefficient (Wildman–Crippen LogP) is 4.58. The summed E-state index contributed by atoms with van der Waals surface area (Å²) in [7, 11) is 1.71. The molecule has 1 atom stereocenters. The van der Waals surface area contributed by atoms with Gasteiger partial charge in [0.05, 0.1) is 18.7 Å². The molecule has 9 heteroatoms. The Balaban J connectivity index is 0.00000280. The van der Waals surface area contributed by atoms with Crippen molar-refractivity contribution in [2.24, 2.45) is 4.99 Å². The van der Waals surface area contributed by atoms with Gasteiger partial charge in [0, 0.05) is 25.0 Å². The summed E-state index contributed by atoms with van der Waals surface area (Å²) in [6.45, 7) is 2.29. The summed E-state index contributed by atoms with van der Waals surface area (Å²) in [5.41, 5.74) is -0.122. The standard InChI is InChI=1S/C19H22F3N3OS.HI/c1-23-18(24-8-7-16-6-3-11-27-16)25-9-10-26-17(13-25)14-4-2-5-15(12-14)19(20,21)22;/h2-6,11-12,17H,7-10,13H2,1H3,(H,23,24);1H. The van der Waals surface area contributed by atoms with E-state index >= 15 is 0 Å². The fourth-order valence-corrected chi connectivity index (χ4v) is 3.75. The molecule has 1 aliphatic rings. The van der Waals surface area contributed by atoms with E-state index < -0.39 is 17.8 Å². The minimum atomic E-state index is -4.36. The van der Waals surface area contributed by atoms with Crippen molar-refractivity contribution in [1.29, 1.82) is 0 Å². The molecular formula is C19H23F3IN3OS. The number of guanidine groups is 1. The van der Waals surface area contributed by atoms with Crippen molar-refractivity contribution in [3.05, 3.63) is 57.8 Å². The van der Waals surface area contributed by atoms with E-state index in [1.165, 1.54) is 17.0 Å². The fraction of sp³-hybridized carbons (Fsp3) is 0.421. The van der Waals surface area contributed by atoms with Crippen LogP contribution in [0.5, 0.6) is 0 Å². The molecule has 2 heterocycles. The molecule has 2 aromatic rings. The number of hydrogen-bond acceptors (Lipinski definition) is 3. The lowest BCUT2D eigenvalue weighted by atomic mass is 10.0. The molecule has 1 N–H and O–H groups in total. The van der Waals surface area contributed by atoms with Crippen LogP contribution in [-0.2, 0) is 17.3 Å². The van der Waals surface area contributed by atoms with E-state index in [4.69, 9.17) is 4.74 Å². The van der Waals surface area contributed by atoms with Crippen molar-refractivity contribution < 1.29 is 17.9 Å². The van der Waals surface area contributed by atoms with Gasteiger partial charge in [-0.1, -0.05) is 18.2 Å². The summed E-state index contributed by atoms with van der Waals surface area (Å²) in [5.74, 6) is 0.742. The number of benzene rings is 1. The Hall–Kier alpha value is -1.33. The topological polar surface area (TPSA) is 36.9 Å². The monoisotopic (exact) mass is 525 g/mol. The third kappa shape index (κ3) is 6.08. The van der Waals surface area contributed by atoms with Gasteiger partial charge in [0.2, 0.25) is 0 Å². The summed E-state index contributed by atoms with van der Waals surface area (Å²) in [6.07, 6.45) is -3.88. The number of hydrogen-bond donors (Lipinski definition) is 1. The third-order valence-corrected chi connectivity index (χ3v) is 5.33. The zero-order valence-corrected chi connectivity index (χ0v) is 18.6. The summed E-state index contributed by atoms with van der Waals surface area (Å²) in [4.78, 5) is 7.64. The minimum Gasteiger partial charge on any atom is -0.370 e. The lowest BCUT2D eigenvalue weighted by Crippen LogP contribution is -2.48. The van der Waals surface area contributed by atoms with Crippen molar-refractivity contribution in [2.45, 2.75) is 18.7 Å². The highest BCUT2D eigenvalue weighted by molar-refractivity contribution is 14.0. The number of aliphatic imine (C=N–C) groups is 1. The predicted molar refractivity (Wildman–Crippen MR) is 117 cm³/mol. The van der Waals surface area contributed by atoms with Crippen LogP contribution >= 0.6 is 35.3 Å². The number of nitrogens with zero attached hydrogens (tertiary/aromatic N) is 2. The first-order valence-electron chi connectivity index (χ1n) is 8.74. The van der Waals surface area contributed by atoms with Gasteiger partial charge in [0.15, 0.2) is 5.96 Å². The van der Waals surface area contributed by atoms with E-state index in [9.17, 15) is 13.2 Å². The molecular weight excluding hydrogens is 502 g/mol. The van der Waals surface area contributed by atoms with Crippen LogP contribution in [0.1, 0.15) is 22.1 Å². The maximum Gasteiger partial charge on any atom is 0.416 e. The SMILES string of the molecule is CN=C(NCCc1cccs1)N1CCOC(c2cccc(C(F)(F)F)c2)C1.I. The van der Waals surface area contributed by atoms with Gasteiger partial charge in [-0.25, -0.2) is 0 Å². The first-order chi connectivity index (χ1) is 13.0. The van der Waals surface area contributed by atoms with E-state index in [-0.39, 0.29) is 24.0 Å². The first-order valence-corrected chi connectivity index (χ1v) is 9.62. The first kappa shape index (κ1) is 23.0. The molecule has 1 unspecified atom stereocenters. The molecule has 1 aromatic carbocycles. The van der Waals surface area contributed by atoms with Crippen LogP contribution in [0.4, 0.5) is 13.2 Å². The molecule has 0 bridgehead atoms. The zero-order valence-electron chi connectivity index (χ0n) is 15.4. The Kier molecular flexibility index (Phi) is 8.56. The Labute approximate surface area is 183 Å². The van der Waals surface area contributed by atoms with Crippen LogP contribution in [-0.4, -0.2) is 44.1 Å². The maximum atomic E-state index is 13.0. The van der Waals surface area contributed by atoms with Gasteiger partial charge < -0.3 is 15.0 Å². The molecule has 0 radical (unpaired) electrons. The molecule has 1 aromatic heterocycles. The molecule has 0 saturated carbocycles. The van der Waals surface area contributed by atoms with Gasteiger partial charge in [0.1, 0.15) is 6.10 Å². The van der Waals surface area contributed by atoms with E-state index in [1.54, 1.807) is 24.5 Å². The molecule has 28 heavy (non-hydrogen) atoms. The molecule has 4 nitrogen and oxygen atoms in total. The third-order valence-electron chi connectivity index (χ3n) is 4.40. The average Bonchev–Trinajstić information content (AvgIpc) is 3.18. The number of rotatable bonds is 4. The van der Waals surface area contributed by atoms with E-state index in [0.29, 0.717) is 25.3 Å². The van der Waals surface area contributed by atoms with Crippen LogP contribution in [0.2, 0.25) is 0 Å². The van der Waals surface area contributed by atoms with E-state index in [0.717, 1.165) is 25.0 Å². The van der Waals surface area contributed by atoms with Crippen LogP contribution in [0.25, 0.3) is 0 Å². The number of thiophene rings is 1. The van der Waals surface area contributed by atoms with Gasteiger partial charge in [-0.2, -0.15) is 13.2 Å². The molecule has 1 fully saturated rings. The molecule has 0 spiro atoms. The largest absolute Gasteiger partial charge is 0.416 e. The van der Waals surface area contributed by atoms with Crippen LogP contribution in [0.3, 0.4) is 0 Å². The summed E-state index contributed by atoms with van der Waals surface area (Å²) >= 11 is 1.71. The highest BCUT2D eigenvalue weighted by Crippen LogP contribution is 2.32. The summed E-state index contributed by atoms with van der Waals surface area (Å²) in [6, 6.07) is 9.46. The van der Waals surface area contributed by atoms with Crippen molar-refractivity contribution in [1.82, 2.24) is 10.2 Å². The second-order valence-corrected chi connectivity index (χ2v) is 7.26. The number of ether oxygens (including phenoxy) is 1. The Morgan fingerprint density at radius 2 is 2.14 bits per heavy atom. The van der Waals surface area contributed by atoms with Crippen molar-refractivity contribution >= 4 is 41.3 Å². The molecule has 0 amide bonds. The number of nitrogens with one attached hydrogen (secondary N) is 1. The smallest absolute Gasteiger partial charge is 0.370 e. The fourth-order valence-electron chi connectivity index (χ4n) is 3.04. The van der Waals surface area contributed by atoms with Crippen LogP contribution in [0, 0.1) is 0 Å². The van der Waals surface area contributed by atoms with Gasteiger partial charge in [-0.05, 0) is 35.6 Å². The molecule has 0 aliphatic carbocycles. The number of alkyl halides is 3. The lowest BCUT2D eigenvalue weighted by molar-refractivity contribution is -0.137. The number of halogens is 4. The molecule has 3 rings (SSSR count). The molecule has 1 aliphatic heterocycles. The molecule has 1 saturated heterocycles. The van der Waals surface area contributed by atoms with Gasteiger partial charge in [-0.15, -0.1) is 35.3 Å². The van der Waals surface area contributed by atoms with Gasteiger partial charge in [0.25, 0.3) is 0 Å². The summed E-state index contributed by atoms with van der Waals surface area (Å²) < 4.78 is 44.6. The Bertz CT molecular complexity index is 768. The van der Waals surface area contributed by atoms with Crippen molar-refractivity contribution in [2.75, 3.05) is 33.3 Å². The highest BCUT2D eigenvalue weighted by atomic mass is 127. The quantitative estimate of drug-likeness (QED) is 0.361. The lowest BCUT2D eigenvalue weighted by Gasteiger charge is -2.35. The van der Waals surface area contributed by atoms with Crippen LogP contribution in [0.15, 0.2) is 46.8 Å². The average molecular weight is 525 g/mol. The highest BCUT2D eigenvalue weighted by Gasteiger charge is 2.32. The van der Waals surface area contributed by atoms with Crippen molar-refractivity contribution in [3.8, 4) is 0 Å². The number of morpholine rings is 1. The van der Waals surface area contributed by atoms with Gasteiger partial charge in [-0.3, -0.25) is 4.99 Å². The van der Waals surface area contributed by atoms with Crippen molar-refractivity contribution in [3.63, 3.8) is 0 Å². The Morgan fingerprint density at radius 1 is 1.32 bits per heavy atom. The Morgan fingerprint density at radius 3 is 2.82 bits per heavy atom. The summed E-state index contributed by atoms with van der Waals surface area (Å²) in [5, 5.41) is 5.38. The maximum absolute atomic E-state index is 13.0. The van der Waals surface area contributed by atoms with Crippen LogP contribution < -0.4 is 5.32 Å². The normalized spacial score (nSPS) is 17.9.